The van der Waals surface area contributed by atoms with Crippen LogP contribution in [0.2, 0.25) is 0 Å². The standard InChI is InChI=1S/C11H19NO3S/c1-10(2)8-4-5-11(10,9(13)6-8)7-16(14,15)12-3/h8,12H,4-7H2,1-3H3. The quantitative estimate of drug-likeness (QED) is 0.804. The summed E-state index contributed by atoms with van der Waals surface area (Å²) in [5.74, 6) is 0.471. The Balaban J connectivity index is 2.40. The Morgan fingerprint density at radius 3 is 2.44 bits per heavy atom. The first-order chi connectivity index (χ1) is 7.25. The van der Waals surface area contributed by atoms with Crippen LogP contribution in [0.25, 0.3) is 0 Å². The van der Waals surface area contributed by atoms with E-state index >= 15 is 0 Å². The minimum atomic E-state index is -3.32. The maximum Gasteiger partial charge on any atom is 0.212 e. The minimum absolute atomic E-state index is 0.0428. The number of sulfonamides is 1. The lowest BCUT2D eigenvalue weighted by molar-refractivity contribution is -0.128. The Hall–Kier alpha value is -0.420. The maximum absolute atomic E-state index is 12.1. The number of hydrogen-bond acceptors (Lipinski definition) is 3. The van der Waals surface area contributed by atoms with Crippen LogP contribution in [0, 0.1) is 16.7 Å². The molecule has 2 bridgehead atoms. The van der Waals surface area contributed by atoms with Gasteiger partial charge in [-0.3, -0.25) is 4.79 Å². The first-order valence-electron chi connectivity index (χ1n) is 5.70. The van der Waals surface area contributed by atoms with Gasteiger partial charge in [0.15, 0.2) is 0 Å². The lowest BCUT2D eigenvalue weighted by Gasteiger charge is -2.35. The van der Waals surface area contributed by atoms with Crippen molar-refractivity contribution in [3.63, 3.8) is 0 Å². The maximum atomic E-state index is 12.1. The molecule has 2 aliphatic rings. The van der Waals surface area contributed by atoms with Gasteiger partial charge < -0.3 is 0 Å². The van der Waals surface area contributed by atoms with Crippen LogP contribution < -0.4 is 4.72 Å². The fraction of sp³-hybridized carbons (Fsp3) is 0.909. The van der Waals surface area contributed by atoms with Crippen molar-refractivity contribution in [3.05, 3.63) is 0 Å². The van der Waals surface area contributed by atoms with Crippen molar-refractivity contribution < 1.29 is 13.2 Å². The van der Waals surface area contributed by atoms with E-state index in [2.05, 4.69) is 4.72 Å². The topological polar surface area (TPSA) is 63.2 Å². The molecule has 2 atom stereocenters. The van der Waals surface area contributed by atoms with E-state index < -0.39 is 15.4 Å². The summed E-state index contributed by atoms with van der Waals surface area (Å²) in [6.45, 7) is 4.08. The monoisotopic (exact) mass is 245 g/mol. The first kappa shape index (κ1) is 12.0. The number of hydrogen-bond donors (Lipinski definition) is 1. The van der Waals surface area contributed by atoms with E-state index in [-0.39, 0.29) is 17.0 Å². The van der Waals surface area contributed by atoms with Crippen molar-refractivity contribution in [2.75, 3.05) is 12.8 Å². The third kappa shape index (κ3) is 1.37. The van der Waals surface area contributed by atoms with Gasteiger partial charge in [-0.1, -0.05) is 13.8 Å². The number of carbonyl (C=O) groups excluding carboxylic acids is 1. The van der Waals surface area contributed by atoms with Crippen LogP contribution in [0.4, 0.5) is 0 Å². The van der Waals surface area contributed by atoms with Gasteiger partial charge in [-0.15, -0.1) is 0 Å². The zero-order chi connectivity index (χ0) is 12.2. The summed E-state index contributed by atoms with van der Waals surface area (Å²) in [5, 5.41) is 0. The summed E-state index contributed by atoms with van der Waals surface area (Å²) in [5.41, 5.74) is -0.812. The molecule has 0 heterocycles. The third-order valence-electron chi connectivity index (χ3n) is 4.89. The highest BCUT2D eigenvalue weighted by atomic mass is 32.2. The molecule has 0 spiro atoms. The lowest BCUT2D eigenvalue weighted by atomic mass is 9.70. The molecule has 16 heavy (non-hydrogen) atoms. The van der Waals surface area contributed by atoms with E-state index in [9.17, 15) is 13.2 Å². The molecule has 4 nitrogen and oxygen atoms in total. The van der Waals surface area contributed by atoms with E-state index in [1.165, 1.54) is 7.05 Å². The zero-order valence-corrected chi connectivity index (χ0v) is 10.9. The number of rotatable bonds is 3. The van der Waals surface area contributed by atoms with E-state index in [0.29, 0.717) is 12.3 Å². The van der Waals surface area contributed by atoms with Crippen LogP contribution in [0.3, 0.4) is 0 Å². The molecule has 0 saturated heterocycles. The van der Waals surface area contributed by atoms with Gasteiger partial charge in [0.05, 0.1) is 5.75 Å². The molecule has 2 rings (SSSR count). The van der Waals surface area contributed by atoms with E-state index in [1.807, 2.05) is 13.8 Å². The van der Waals surface area contributed by atoms with Crippen LogP contribution >= 0.6 is 0 Å². The van der Waals surface area contributed by atoms with Gasteiger partial charge in [-0.2, -0.15) is 0 Å². The van der Waals surface area contributed by atoms with Crippen molar-refractivity contribution in [2.45, 2.75) is 33.1 Å². The predicted octanol–water partition coefficient (Wildman–Crippen LogP) is 0.931. The van der Waals surface area contributed by atoms with E-state index in [1.54, 1.807) is 0 Å². The molecule has 5 heteroatoms. The summed E-state index contributed by atoms with van der Waals surface area (Å²) in [7, 11) is -1.91. The molecule has 0 aliphatic heterocycles. The summed E-state index contributed by atoms with van der Waals surface area (Å²) in [6, 6.07) is 0. The highest BCUT2D eigenvalue weighted by molar-refractivity contribution is 7.89. The Labute approximate surface area is 96.8 Å². The number of carbonyl (C=O) groups is 1. The molecule has 92 valence electrons. The van der Waals surface area contributed by atoms with E-state index in [0.717, 1.165) is 12.8 Å². The number of fused-ring (bicyclic) bond motifs is 2. The zero-order valence-electron chi connectivity index (χ0n) is 10.0. The second-order valence-electron chi connectivity index (χ2n) is 5.63. The average Bonchev–Trinajstić information content (AvgIpc) is 2.51. The normalized spacial score (nSPS) is 36.9. The van der Waals surface area contributed by atoms with Gasteiger partial charge in [-0.05, 0) is 31.2 Å². The molecular formula is C11H19NO3S. The molecule has 2 saturated carbocycles. The second kappa shape index (κ2) is 3.29. The molecule has 0 aromatic carbocycles. The molecule has 0 aromatic rings. The van der Waals surface area contributed by atoms with E-state index in [4.69, 9.17) is 0 Å². The van der Waals surface area contributed by atoms with Gasteiger partial charge in [0, 0.05) is 11.8 Å². The summed E-state index contributed by atoms with van der Waals surface area (Å²) >= 11 is 0. The summed E-state index contributed by atoms with van der Waals surface area (Å²) in [4.78, 5) is 12.1. The SMILES string of the molecule is CNS(=O)(=O)CC12CCC(CC1=O)C2(C)C. The van der Waals surface area contributed by atoms with Gasteiger partial charge in [0.1, 0.15) is 5.78 Å². The van der Waals surface area contributed by atoms with Crippen molar-refractivity contribution in [1.29, 1.82) is 0 Å². The van der Waals surface area contributed by atoms with Crippen molar-refractivity contribution in [1.82, 2.24) is 4.72 Å². The lowest BCUT2D eigenvalue weighted by Crippen LogP contribution is -2.44. The van der Waals surface area contributed by atoms with Crippen LogP contribution in [0.1, 0.15) is 33.1 Å². The highest BCUT2D eigenvalue weighted by Gasteiger charge is 2.65. The van der Waals surface area contributed by atoms with Crippen molar-refractivity contribution in [2.24, 2.45) is 16.7 Å². The minimum Gasteiger partial charge on any atom is -0.299 e. The number of Topliss-reactive ketones (excluding diaryl/α,β-unsaturated/α-hetero) is 1. The van der Waals surface area contributed by atoms with Crippen LogP contribution in [-0.4, -0.2) is 27.0 Å². The smallest absolute Gasteiger partial charge is 0.212 e. The Bertz CT molecular complexity index is 427. The Kier molecular flexibility index (Phi) is 2.48. The largest absolute Gasteiger partial charge is 0.299 e. The van der Waals surface area contributed by atoms with Crippen molar-refractivity contribution in [3.8, 4) is 0 Å². The molecule has 2 aliphatic carbocycles. The molecule has 0 amide bonds. The van der Waals surface area contributed by atoms with Gasteiger partial charge in [0.25, 0.3) is 0 Å². The van der Waals surface area contributed by atoms with Crippen molar-refractivity contribution >= 4 is 15.8 Å². The highest BCUT2D eigenvalue weighted by Crippen LogP contribution is 2.64. The molecule has 2 fully saturated rings. The number of nitrogens with one attached hydrogen (secondary N) is 1. The summed E-state index contributed by atoms with van der Waals surface area (Å²) < 4.78 is 25.7. The third-order valence-corrected chi connectivity index (χ3v) is 6.38. The van der Waals surface area contributed by atoms with Gasteiger partial charge in [0.2, 0.25) is 10.0 Å². The van der Waals surface area contributed by atoms with Crippen LogP contribution in [0.5, 0.6) is 0 Å². The van der Waals surface area contributed by atoms with Crippen LogP contribution in [-0.2, 0) is 14.8 Å². The molecule has 1 N–H and O–H groups in total. The fourth-order valence-corrected chi connectivity index (χ4v) is 4.98. The van der Waals surface area contributed by atoms with Gasteiger partial charge >= 0.3 is 0 Å². The second-order valence-corrected chi connectivity index (χ2v) is 7.56. The van der Waals surface area contributed by atoms with Crippen LogP contribution in [0.15, 0.2) is 0 Å². The summed E-state index contributed by atoms with van der Waals surface area (Å²) in [6.07, 6.45) is 2.27. The molecule has 0 aromatic heterocycles. The molecule has 2 unspecified atom stereocenters. The molecule has 0 radical (unpaired) electrons. The Morgan fingerprint density at radius 2 is 2.06 bits per heavy atom. The predicted molar refractivity (Wildman–Crippen MR) is 61.4 cm³/mol. The first-order valence-corrected chi connectivity index (χ1v) is 7.35. The number of ketones is 1. The Morgan fingerprint density at radius 1 is 1.44 bits per heavy atom. The molecular weight excluding hydrogens is 226 g/mol. The van der Waals surface area contributed by atoms with Gasteiger partial charge in [-0.25, -0.2) is 13.1 Å². The average molecular weight is 245 g/mol. The fourth-order valence-electron chi connectivity index (χ4n) is 3.50.